The first kappa shape index (κ1) is 9.47. The minimum Gasteiger partial charge on any atom is -0.280 e. The van der Waals surface area contributed by atoms with Gasteiger partial charge in [0.05, 0.1) is 19.6 Å². The Kier molecular flexibility index (Phi) is 2.69. The van der Waals surface area contributed by atoms with Gasteiger partial charge in [-0.25, -0.2) is 8.78 Å². The van der Waals surface area contributed by atoms with Crippen molar-refractivity contribution in [3.8, 4) is 11.8 Å². The first-order valence-electron chi connectivity index (χ1n) is 4.08. The fourth-order valence-corrected chi connectivity index (χ4v) is 1.08. The molecule has 0 N–H and O–H groups in total. The Morgan fingerprint density at radius 3 is 2.42 bits per heavy atom. The second-order valence-electron chi connectivity index (χ2n) is 3.48. The average molecular weight is 173 g/mol. The summed E-state index contributed by atoms with van der Waals surface area (Å²) < 4.78 is 24.6. The standard InChI is InChI=1S/C9H13F2N/c1-8(2)4-3-5-12-6-9(10,11)7-12/h8H,5-7H2,1-2H3. The van der Waals surface area contributed by atoms with Gasteiger partial charge in [0, 0.05) is 5.92 Å². The fraction of sp³-hybridized carbons (Fsp3) is 0.778. The average Bonchev–Trinajstić information content (AvgIpc) is 1.82. The van der Waals surface area contributed by atoms with Crippen molar-refractivity contribution in [3.05, 3.63) is 0 Å². The van der Waals surface area contributed by atoms with Crippen LogP contribution in [0.15, 0.2) is 0 Å². The van der Waals surface area contributed by atoms with E-state index in [4.69, 9.17) is 0 Å². The van der Waals surface area contributed by atoms with E-state index in [2.05, 4.69) is 11.8 Å². The molecule has 0 bridgehead atoms. The molecule has 0 amide bonds. The number of likely N-dealkylation sites (tertiary alicyclic amines) is 1. The molecule has 0 unspecified atom stereocenters. The van der Waals surface area contributed by atoms with E-state index < -0.39 is 5.92 Å². The molecule has 1 fully saturated rings. The molecule has 1 rings (SSSR count). The Bertz CT molecular complexity index is 204. The van der Waals surface area contributed by atoms with Crippen LogP contribution in [0.1, 0.15) is 13.8 Å². The highest BCUT2D eigenvalue weighted by molar-refractivity contribution is 5.05. The van der Waals surface area contributed by atoms with E-state index in [0.717, 1.165) is 0 Å². The zero-order valence-corrected chi connectivity index (χ0v) is 7.40. The highest BCUT2D eigenvalue weighted by Crippen LogP contribution is 2.25. The van der Waals surface area contributed by atoms with Crippen molar-refractivity contribution < 1.29 is 8.78 Å². The quantitative estimate of drug-likeness (QED) is 0.544. The first-order valence-corrected chi connectivity index (χ1v) is 4.08. The van der Waals surface area contributed by atoms with Gasteiger partial charge in [-0.05, 0) is 0 Å². The number of hydrogen-bond acceptors (Lipinski definition) is 1. The van der Waals surface area contributed by atoms with Gasteiger partial charge in [-0.2, -0.15) is 0 Å². The van der Waals surface area contributed by atoms with Crippen molar-refractivity contribution in [2.24, 2.45) is 5.92 Å². The molecule has 1 saturated heterocycles. The van der Waals surface area contributed by atoms with E-state index in [9.17, 15) is 8.78 Å². The lowest BCUT2D eigenvalue weighted by atomic mass is 10.1. The predicted octanol–water partition coefficient (Wildman–Crippen LogP) is 1.60. The van der Waals surface area contributed by atoms with E-state index in [0.29, 0.717) is 12.5 Å². The molecule has 0 aliphatic carbocycles. The van der Waals surface area contributed by atoms with Gasteiger partial charge < -0.3 is 0 Å². The summed E-state index contributed by atoms with van der Waals surface area (Å²) in [5.41, 5.74) is 0. The molecule has 0 aromatic heterocycles. The maximum Gasteiger partial charge on any atom is 0.273 e. The van der Waals surface area contributed by atoms with E-state index in [-0.39, 0.29) is 13.1 Å². The Labute approximate surface area is 71.7 Å². The highest BCUT2D eigenvalue weighted by atomic mass is 19.3. The third-order valence-corrected chi connectivity index (χ3v) is 1.60. The summed E-state index contributed by atoms with van der Waals surface area (Å²) in [6.45, 7) is 4.20. The molecule has 0 aromatic rings. The Hall–Kier alpha value is -0.620. The number of alkyl halides is 2. The number of rotatable bonds is 1. The summed E-state index contributed by atoms with van der Waals surface area (Å²) >= 11 is 0. The monoisotopic (exact) mass is 173 g/mol. The van der Waals surface area contributed by atoms with Crippen LogP contribution in [0.25, 0.3) is 0 Å². The smallest absolute Gasteiger partial charge is 0.273 e. The third-order valence-electron chi connectivity index (χ3n) is 1.60. The Morgan fingerprint density at radius 1 is 1.42 bits per heavy atom. The zero-order chi connectivity index (χ0) is 9.19. The largest absolute Gasteiger partial charge is 0.280 e. The summed E-state index contributed by atoms with van der Waals surface area (Å²) in [7, 11) is 0. The molecule has 1 nitrogen and oxygen atoms in total. The van der Waals surface area contributed by atoms with Gasteiger partial charge >= 0.3 is 0 Å². The third kappa shape index (κ3) is 2.78. The van der Waals surface area contributed by atoms with Crippen LogP contribution in [0, 0.1) is 17.8 Å². The van der Waals surface area contributed by atoms with Crippen molar-refractivity contribution in [2.75, 3.05) is 19.6 Å². The molecule has 12 heavy (non-hydrogen) atoms. The second kappa shape index (κ2) is 3.40. The van der Waals surface area contributed by atoms with Crippen LogP contribution in [0.5, 0.6) is 0 Å². The van der Waals surface area contributed by atoms with Crippen LogP contribution in [0.2, 0.25) is 0 Å². The van der Waals surface area contributed by atoms with E-state index in [1.807, 2.05) is 13.8 Å². The summed E-state index contributed by atoms with van der Waals surface area (Å²) in [5.74, 6) is 3.67. The van der Waals surface area contributed by atoms with Crippen LogP contribution >= 0.6 is 0 Å². The van der Waals surface area contributed by atoms with E-state index in [1.54, 1.807) is 4.90 Å². The Balaban J connectivity index is 2.17. The minimum atomic E-state index is -2.46. The fourth-order valence-electron chi connectivity index (χ4n) is 1.08. The van der Waals surface area contributed by atoms with Gasteiger partial charge in [0.25, 0.3) is 5.92 Å². The predicted molar refractivity (Wildman–Crippen MR) is 44.0 cm³/mol. The first-order chi connectivity index (χ1) is 5.49. The van der Waals surface area contributed by atoms with Crippen LogP contribution in [0.4, 0.5) is 8.78 Å². The highest BCUT2D eigenvalue weighted by Gasteiger charge is 2.43. The molecule has 0 atom stereocenters. The number of hydrogen-bond donors (Lipinski definition) is 0. The van der Waals surface area contributed by atoms with Crippen molar-refractivity contribution in [3.63, 3.8) is 0 Å². The summed E-state index contributed by atoms with van der Waals surface area (Å²) in [6.07, 6.45) is 0. The molecule has 68 valence electrons. The number of nitrogens with zero attached hydrogens (tertiary/aromatic N) is 1. The summed E-state index contributed by atoms with van der Waals surface area (Å²) in [6, 6.07) is 0. The molecule has 1 aliphatic heterocycles. The molecular weight excluding hydrogens is 160 g/mol. The van der Waals surface area contributed by atoms with Gasteiger partial charge in [-0.3, -0.25) is 4.90 Å². The van der Waals surface area contributed by atoms with Gasteiger partial charge in [-0.15, -0.1) is 0 Å². The Morgan fingerprint density at radius 2 is 2.00 bits per heavy atom. The lowest BCUT2D eigenvalue weighted by Gasteiger charge is -2.37. The van der Waals surface area contributed by atoms with Gasteiger partial charge in [0.1, 0.15) is 0 Å². The zero-order valence-electron chi connectivity index (χ0n) is 7.40. The van der Waals surface area contributed by atoms with Crippen LogP contribution in [0.3, 0.4) is 0 Å². The molecule has 3 heteroatoms. The topological polar surface area (TPSA) is 3.24 Å². The van der Waals surface area contributed by atoms with Gasteiger partial charge in [0.2, 0.25) is 0 Å². The number of halogens is 2. The van der Waals surface area contributed by atoms with Gasteiger partial charge in [-0.1, -0.05) is 25.7 Å². The molecule has 0 aromatic carbocycles. The summed E-state index contributed by atoms with van der Waals surface area (Å²) in [5, 5.41) is 0. The van der Waals surface area contributed by atoms with E-state index >= 15 is 0 Å². The SMILES string of the molecule is CC(C)C#CCN1CC(F)(F)C1. The lowest BCUT2D eigenvalue weighted by molar-refractivity contribution is -0.125. The lowest BCUT2D eigenvalue weighted by Crippen LogP contribution is -2.55. The molecule has 0 saturated carbocycles. The van der Waals surface area contributed by atoms with Crippen molar-refractivity contribution in [2.45, 2.75) is 19.8 Å². The molecule has 1 aliphatic rings. The second-order valence-corrected chi connectivity index (χ2v) is 3.48. The van der Waals surface area contributed by atoms with Crippen molar-refractivity contribution >= 4 is 0 Å². The van der Waals surface area contributed by atoms with Crippen molar-refractivity contribution in [1.82, 2.24) is 4.90 Å². The molecule has 0 radical (unpaired) electrons. The van der Waals surface area contributed by atoms with Crippen LogP contribution < -0.4 is 0 Å². The van der Waals surface area contributed by atoms with Crippen LogP contribution in [-0.4, -0.2) is 30.5 Å². The molecule has 0 spiro atoms. The van der Waals surface area contributed by atoms with Gasteiger partial charge in [0.15, 0.2) is 0 Å². The van der Waals surface area contributed by atoms with Crippen molar-refractivity contribution in [1.29, 1.82) is 0 Å². The molecular formula is C9H13F2N. The summed E-state index contributed by atoms with van der Waals surface area (Å²) in [4.78, 5) is 1.65. The van der Waals surface area contributed by atoms with Crippen LogP contribution in [-0.2, 0) is 0 Å². The molecule has 1 heterocycles. The maximum atomic E-state index is 12.3. The minimum absolute atomic E-state index is 0.125. The maximum absolute atomic E-state index is 12.3. The van der Waals surface area contributed by atoms with E-state index in [1.165, 1.54) is 0 Å². The normalized spacial score (nSPS) is 21.4.